The molecule has 0 saturated carbocycles. The van der Waals surface area contributed by atoms with Gasteiger partial charge in [-0.15, -0.1) is 0 Å². The molecule has 1 aromatic carbocycles. The van der Waals surface area contributed by atoms with Crippen LogP contribution < -0.4 is 56.1 Å². The molecule has 0 unspecified atom stereocenters. The van der Waals surface area contributed by atoms with E-state index in [1.165, 1.54) is 0 Å². The summed E-state index contributed by atoms with van der Waals surface area (Å²) in [5.74, 6) is -57.0. The standard InChI is InChI=1S/C15H5F17O4S.K/c16-7(8(17)36-5-3-1-2-4-6(5)37(33,34)35)9(18,19)10(20,21)11(22,23)12(24,25)13(26,27)14(28,29)15(30,31)32;/h1-4H,(H,33,34,35);/q;+1/p-1/b8-7-;. The van der Waals surface area contributed by atoms with Crippen LogP contribution in [0.4, 0.5) is 74.6 Å². The van der Waals surface area contributed by atoms with Crippen LogP contribution in [-0.4, -0.2) is 54.7 Å². The zero-order chi connectivity index (χ0) is 29.8. The summed E-state index contributed by atoms with van der Waals surface area (Å²) in [4.78, 5) is -1.74. The first-order valence-electron chi connectivity index (χ1n) is 8.15. The van der Waals surface area contributed by atoms with Gasteiger partial charge in [0.1, 0.15) is 15.9 Å². The molecular weight excluding hydrogens is 638 g/mol. The molecule has 0 aliphatic carbocycles. The molecule has 1 aromatic rings. The van der Waals surface area contributed by atoms with Gasteiger partial charge in [-0.3, -0.25) is 0 Å². The van der Waals surface area contributed by atoms with Crippen molar-refractivity contribution in [3.8, 4) is 5.75 Å². The van der Waals surface area contributed by atoms with E-state index in [9.17, 15) is 87.6 Å². The molecule has 0 bridgehead atoms. The zero-order valence-electron chi connectivity index (χ0n) is 17.3. The first-order valence-corrected chi connectivity index (χ1v) is 9.56. The van der Waals surface area contributed by atoms with Crippen molar-refractivity contribution in [3.63, 3.8) is 0 Å². The fraction of sp³-hybridized carbons (Fsp3) is 0.467. The first kappa shape index (κ1) is 37.1. The molecule has 0 spiro atoms. The summed E-state index contributed by atoms with van der Waals surface area (Å²) in [7, 11) is -5.74. The Morgan fingerprint density at radius 3 is 1.42 bits per heavy atom. The Bertz CT molecular complexity index is 1160. The van der Waals surface area contributed by atoms with Crippen LogP contribution in [0.1, 0.15) is 0 Å². The first-order chi connectivity index (χ1) is 16.0. The molecule has 0 radical (unpaired) electrons. The predicted octanol–water partition coefficient (Wildman–Crippen LogP) is 3.46. The molecular formula is C15H4F17KO4S. The van der Waals surface area contributed by atoms with Crippen LogP contribution in [0.2, 0.25) is 0 Å². The molecule has 0 aliphatic heterocycles. The number of hydrogen-bond acceptors (Lipinski definition) is 4. The van der Waals surface area contributed by atoms with Gasteiger partial charge in [0.25, 0.3) is 0 Å². The van der Waals surface area contributed by atoms with Crippen molar-refractivity contribution in [2.75, 3.05) is 0 Å². The van der Waals surface area contributed by atoms with E-state index in [4.69, 9.17) is 0 Å². The number of halogens is 17. The normalized spacial score (nSPS) is 15.5. The Hall–Kier alpha value is -0.884. The van der Waals surface area contributed by atoms with Crippen molar-refractivity contribution in [2.24, 2.45) is 0 Å². The average molecular weight is 642 g/mol. The second-order valence-electron chi connectivity index (χ2n) is 6.53. The van der Waals surface area contributed by atoms with Crippen LogP contribution in [0, 0.1) is 0 Å². The average Bonchev–Trinajstić information content (AvgIpc) is 2.71. The summed E-state index contributed by atoms with van der Waals surface area (Å²) >= 11 is 0. The van der Waals surface area contributed by atoms with Crippen LogP contribution in [0.5, 0.6) is 5.75 Å². The molecule has 1 rings (SSSR count). The molecule has 0 atom stereocenters. The molecule has 38 heavy (non-hydrogen) atoms. The summed E-state index contributed by atoms with van der Waals surface area (Å²) in [5, 5.41) is 0. The number of allylic oxidation sites excluding steroid dienone is 1. The van der Waals surface area contributed by atoms with Gasteiger partial charge in [0.2, 0.25) is 5.83 Å². The Balaban J connectivity index is 0.0000137. The van der Waals surface area contributed by atoms with Gasteiger partial charge >= 0.3 is 99.1 Å². The molecule has 214 valence electrons. The summed E-state index contributed by atoms with van der Waals surface area (Å²) in [6.45, 7) is 0. The Morgan fingerprint density at radius 2 is 1.03 bits per heavy atom. The number of rotatable bonds is 9. The van der Waals surface area contributed by atoms with Gasteiger partial charge < -0.3 is 9.29 Å². The Morgan fingerprint density at radius 1 is 0.658 bits per heavy atom. The number of benzene rings is 1. The summed E-state index contributed by atoms with van der Waals surface area (Å²) in [5.41, 5.74) is 0. The van der Waals surface area contributed by atoms with Crippen molar-refractivity contribution < 1.29 is 144 Å². The van der Waals surface area contributed by atoms with Crippen molar-refractivity contribution in [1.82, 2.24) is 0 Å². The molecule has 0 aromatic heterocycles. The molecule has 4 nitrogen and oxygen atoms in total. The SMILES string of the molecule is O=S(=O)([O-])c1ccccc1O/C(F)=C(\F)C(F)(F)C(F)(F)C(F)(F)C(F)(F)C(F)(F)C(F)(F)C(F)(F)F.[K+]. The third-order valence-electron chi connectivity index (χ3n) is 4.09. The van der Waals surface area contributed by atoms with Gasteiger partial charge in [0, 0.05) is 0 Å². The Kier molecular flexibility index (Phi) is 10.6. The topological polar surface area (TPSA) is 66.4 Å². The van der Waals surface area contributed by atoms with E-state index in [-0.39, 0.29) is 63.5 Å². The second kappa shape index (κ2) is 10.8. The molecule has 0 heterocycles. The van der Waals surface area contributed by atoms with Crippen LogP contribution in [0.15, 0.2) is 41.0 Å². The maximum absolute atomic E-state index is 13.7. The van der Waals surface area contributed by atoms with Gasteiger partial charge in [-0.2, -0.15) is 74.6 Å². The van der Waals surface area contributed by atoms with E-state index >= 15 is 0 Å². The van der Waals surface area contributed by atoms with Crippen LogP contribution in [0.25, 0.3) is 0 Å². The smallest absolute Gasteiger partial charge is 0.744 e. The molecule has 23 heteroatoms. The minimum Gasteiger partial charge on any atom is -0.744 e. The van der Waals surface area contributed by atoms with Crippen LogP contribution in [-0.2, 0) is 10.1 Å². The van der Waals surface area contributed by atoms with Crippen molar-refractivity contribution >= 4 is 10.1 Å². The monoisotopic (exact) mass is 642 g/mol. The van der Waals surface area contributed by atoms with E-state index in [1.54, 1.807) is 0 Å². The number of para-hydroxylation sites is 1. The maximum atomic E-state index is 13.7. The fourth-order valence-corrected chi connectivity index (χ4v) is 2.71. The van der Waals surface area contributed by atoms with Crippen molar-refractivity contribution in [1.29, 1.82) is 0 Å². The minimum absolute atomic E-state index is 0. The van der Waals surface area contributed by atoms with Gasteiger partial charge in [0.15, 0.2) is 0 Å². The molecule has 0 saturated heterocycles. The van der Waals surface area contributed by atoms with Crippen LogP contribution >= 0.6 is 0 Å². The number of hydrogen-bond donors (Lipinski definition) is 0. The quantitative estimate of drug-likeness (QED) is 0.179. The summed E-state index contributed by atoms with van der Waals surface area (Å²) < 4.78 is 260. The van der Waals surface area contributed by atoms with E-state index < -0.39 is 74.3 Å². The van der Waals surface area contributed by atoms with Crippen LogP contribution in [0.3, 0.4) is 0 Å². The van der Waals surface area contributed by atoms with Gasteiger partial charge in [-0.25, -0.2) is 8.42 Å². The summed E-state index contributed by atoms with van der Waals surface area (Å²) in [6, 6.07) is -2.31. The van der Waals surface area contributed by atoms with Gasteiger partial charge in [0.05, 0.1) is 4.90 Å². The zero-order valence-corrected chi connectivity index (χ0v) is 21.2. The Labute approximate surface area is 241 Å². The molecule has 0 fully saturated rings. The molecule has 0 aliphatic rings. The van der Waals surface area contributed by atoms with E-state index in [0.29, 0.717) is 12.1 Å². The maximum Gasteiger partial charge on any atom is 1.00 e. The van der Waals surface area contributed by atoms with Gasteiger partial charge in [-0.05, 0) is 12.1 Å². The third kappa shape index (κ3) is 5.78. The molecule has 0 amide bonds. The molecule has 0 N–H and O–H groups in total. The fourth-order valence-electron chi connectivity index (χ4n) is 2.11. The van der Waals surface area contributed by atoms with Gasteiger partial charge in [-0.1, -0.05) is 12.1 Å². The summed E-state index contributed by atoms with van der Waals surface area (Å²) in [6.07, 6.45) is -7.85. The van der Waals surface area contributed by atoms with E-state index in [1.807, 2.05) is 0 Å². The van der Waals surface area contributed by atoms with E-state index in [2.05, 4.69) is 4.74 Å². The van der Waals surface area contributed by atoms with Crippen molar-refractivity contribution in [3.05, 3.63) is 36.1 Å². The van der Waals surface area contributed by atoms with Crippen molar-refractivity contribution in [2.45, 2.75) is 46.6 Å². The largest absolute Gasteiger partial charge is 1.00 e. The minimum atomic E-state index is -8.74. The second-order valence-corrected chi connectivity index (χ2v) is 7.88. The van der Waals surface area contributed by atoms with E-state index in [0.717, 1.165) is 0 Å². The number of alkyl halides is 15. The third-order valence-corrected chi connectivity index (χ3v) is 4.97. The number of ether oxygens (including phenoxy) is 1. The predicted molar refractivity (Wildman–Crippen MR) is 80.0 cm³/mol.